The third-order valence-corrected chi connectivity index (χ3v) is 3.09. The van der Waals surface area contributed by atoms with E-state index in [-0.39, 0.29) is 6.61 Å². The van der Waals surface area contributed by atoms with Crippen LogP contribution in [0.25, 0.3) is 0 Å². The quantitative estimate of drug-likeness (QED) is 0.713. The van der Waals surface area contributed by atoms with Crippen molar-refractivity contribution in [3.05, 3.63) is 48.6 Å². The largest absolute Gasteiger partial charge is 0.480 e. The van der Waals surface area contributed by atoms with E-state index in [4.69, 9.17) is 9.47 Å². The van der Waals surface area contributed by atoms with Crippen LogP contribution in [0.2, 0.25) is 0 Å². The summed E-state index contributed by atoms with van der Waals surface area (Å²) in [6.45, 7) is 9.22. The van der Waals surface area contributed by atoms with Gasteiger partial charge in [0.1, 0.15) is 11.6 Å². The fourth-order valence-electron chi connectivity index (χ4n) is 1.97. The van der Waals surface area contributed by atoms with E-state index in [1.165, 1.54) is 6.08 Å². The molecule has 1 aromatic rings. The van der Waals surface area contributed by atoms with Gasteiger partial charge in [-0.25, -0.2) is 9.59 Å². The molecule has 2 atom stereocenters. The molecule has 0 aliphatic heterocycles. The van der Waals surface area contributed by atoms with Crippen LogP contribution in [0.1, 0.15) is 26.3 Å². The second-order valence-corrected chi connectivity index (χ2v) is 6.36. The van der Waals surface area contributed by atoms with Crippen molar-refractivity contribution >= 4 is 12.1 Å². The van der Waals surface area contributed by atoms with E-state index in [1.807, 2.05) is 30.3 Å². The Hall–Kier alpha value is -2.34. The molecular weight excluding hydrogens is 310 g/mol. The van der Waals surface area contributed by atoms with Crippen LogP contribution in [0.5, 0.6) is 0 Å². The van der Waals surface area contributed by atoms with Crippen molar-refractivity contribution in [3.63, 3.8) is 0 Å². The summed E-state index contributed by atoms with van der Waals surface area (Å²) < 4.78 is 10.7. The lowest BCUT2D eigenvalue weighted by molar-refractivity contribution is -0.141. The Kier molecular flexibility index (Phi) is 7.45. The summed E-state index contributed by atoms with van der Waals surface area (Å²) in [5.74, 6) is -1.76. The van der Waals surface area contributed by atoms with E-state index in [0.29, 0.717) is 6.61 Å². The van der Waals surface area contributed by atoms with Gasteiger partial charge in [0.2, 0.25) is 0 Å². The van der Waals surface area contributed by atoms with Crippen LogP contribution in [0.4, 0.5) is 4.79 Å². The molecule has 0 aliphatic carbocycles. The van der Waals surface area contributed by atoms with Gasteiger partial charge in [-0.3, -0.25) is 0 Å². The van der Waals surface area contributed by atoms with Gasteiger partial charge in [0, 0.05) is 5.92 Å². The first-order chi connectivity index (χ1) is 11.2. The number of hydrogen-bond donors (Lipinski definition) is 2. The fourth-order valence-corrected chi connectivity index (χ4v) is 1.97. The van der Waals surface area contributed by atoms with Gasteiger partial charge in [-0.2, -0.15) is 0 Å². The summed E-state index contributed by atoms with van der Waals surface area (Å²) in [6, 6.07) is 8.35. The molecule has 0 saturated heterocycles. The Morgan fingerprint density at radius 1 is 1.29 bits per heavy atom. The van der Waals surface area contributed by atoms with Crippen LogP contribution < -0.4 is 5.32 Å². The van der Waals surface area contributed by atoms with Crippen molar-refractivity contribution in [2.24, 2.45) is 5.92 Å². The molecule has 0 bridgehead atoms. The second-order valence-electron chi connectivity index (χ2n) is 6.36. The first-order valence-corrected chi connectivity index (χ1v) is 7.69. The van der Waals surface area contributed by atoms with E-state index < -0.39 is 29.6 Å². The Bertz CT molecular complexity index is 550. The molecule has 0 saturated carbocycles. The highest BCUT2D eigenvalue weighted by Crippen LogP contribution is 2.12. The number of carboxylic acid groups (broad SMARTS) is 1. The summed E-state index contributed by atoms with van der Waals surface area (Å²) in [7, 11) is 0. The molecule has 0 fully saturated rings. The topological polar surface area (TPSA) is 84.9 Å². The molecule has 0 spiro atoms. The van der Waals surface area contributed by atoms with Crippen LogP contribution in [0, 0.1) is 5.92 Å². The average molecular weight is 335 g/mol. The fraction of sp³-hybridized carbons (Fsp3) is 0.444. The standard InChI is InChI=1S/C18H25NO5/c1-5-14(12-23-11-13-9-7-6-8-10-13)15(16(20)21)19-17(22)24-18(2,3)4/h5-10,14-15H,1,11-12H2,2-4H3,(H,19,22)(H,20,21). The van der Waals surface area contributed by atoms with Crippen LogP contribution in [0.3, 0.4) is 0 Å². The maximum atomic E-state index is 11.8. The van der Waals surface area contributed by atoms with E-state index in [2.05, 4.69) is 11.9 Å². The molecule has 6 heteroatoms. The van der Waals surface area contributed by atoms with Crippen molar-refractivity contribution in [2.45, 2.75) is 39.0 Å². The van der Waals surface area contributed by atoms with Gasteiger partial charge in [0.15, 0.2) is 0 Å². The van der Waals surface area contributed by atoms with Crippen LogP contribution in [-0.2, 0) is 20.9 Å². The molecule has 1 rings (SSSR count). The molecule has 2 unspecified atom stereocenters. The number of alkyl carbamates (subject to hydrolysis) is 1. The number of benzene rings is 1. The number of rotatable bonds is 8. The lowest BCUT2D eigenvalue weighted by atomic mass is 10.0. The molecule has 1 amide bonds. The van der Waals surface area contributed by atoms with Crippen LogP contribution in [0.15, 0.2) is 43.0 Å². The molecule has 0 radical (unpaired) electrons. The highest BCUT2D eigenvalue weighted by Gasteiger charge is 2.30. The predicted molar refractivity (Wildman–Crippen MR) is 90.6 cm³/mol. The van der Waals surface area contributed by atoms with E-state index in [0.717, 1.165) is 5.56 Å². The molecular formula is C18H25NO5. The molecule has 2 N–H and O–H groups in total. The third-order valence-electron chi connectivity index (χ3n) is 3.09. The van der Waals surface area contributed by atoms with Gasteiger partial charge in [-0.05, 0) is 26.3 Å². The van der Waals surface area contributed by atoms with Crippen molar-refractivity contribution in [1.82, 2.24) is 5.32 Å². The van der Waals surface area contributed by atoms with Gasteiger partial charge in [-0.15, -0.1) is 6.58 Å². The lowest BCUT2D eigenvalue weighted by Crippen LogP contribution is -2.48. The molecule has 0 aliphatic rings. The van der Waals surface area contributed by atoms with Gasteiger partial charge in [0.05, 0.1) is 13.2 Å². The first kappa shape index (κ1) is 19.7. The predicted octanol–water partition coefficient (Wildman–Crippen LogP) is 2.98. The zero-order valence-electron chi connectivity index (χ0n) is 14.3. The Morgan fingerprint density at radius 3 is 2.42 bits per heavy atom. The Labute approximate surface area is 142 Å². The smallest absolute Gasteiger partial charge is 0.408 e. The molecule has 1 aromatic carbocycles. The van der Waals surface area contributed by atoms with Crippen molar-refractivity contribution in [2.75, 3.05) is 6.61 Å². The van der Waals surface area contributed by atoms with Gasteiger partial charge in [0.25, 0.3) is 0 Å². The number of hydrogen-bond acceptors (Lipinski definition) is 4. The summed E-state index contributed by atoms with van der Waals surface area (Å²) in [6.07, 6.45) is 0.672. The minimum Gasteiger partial charge on any atom is -0.480 e. The maximum absolute atomic E-state index is 11.8. The molecule has 132 valence electrons. The number of nitrogens with one attached hydrogen (secondary N) is 1. The maximum Gasteiger partial charge on any atom is 0.408 e. The molecule has 6 nitrogen and oxygen atoms in total. The zero-order chi connectivity index (χ0) is 18.2. The van der Waals surface area contributed by atoms with Crippen molar-refractivity contribution in [3.8, 4) is 0 Å². The van der Waals surface area contributed by atoms with Crippen molar-refractivity contribution < 1.29 is 24.2 Å². The van der Waals surface area contributed by atoms with Crippen LogP contribution in [-0.4, -0.2) is 35.4 Å². The molecule has 0 heterocycles. The van der Waals surface area contributed by atoms with Crippen molar-refractivity contribution in [1.29, 1.82) is 0 Å². The normalized spacial score (nSPS) is 13.6. The molecule has 24 heavy (non-hydrogen) atoms. The third kappa shape index (κ3) is 7.28. The number of carboxylic acids is 1. The summed E-state index contributed by atoms with van der Waals surface area (Å²) in [5, 5.41) is 11.7. The van der Waals surface area contributed by atoms with E-state index in [9.17, 15) is 14.7 Å². The summed E-state index contributed by atoms with van der Waals surface area (Å²) in [5.41, 5.74) is 0.271. The molecule has 0 aromatic heterocycles. The number of amides is 1. The number of carbonyl (C=O) groups is 2. The summed E-state index contributed by atoms with van der Waals surface area (Å²) in [4.78, 5) is 23.3. The number of carbonyl (C=O) groups excluding carboxylic acids is 1. The first-order valence-electron chi connectivity index (χ1n) is 7.69. The number of aliphatic carboxylic acids is 1. The van der Waals surface area contributed by atoms with Gasteiger partial charge >= 0.3 is 12.1 Å². The zero-order valence-corrected chi connectivity index (χ0v) is 14.3. The van der Waals surface area contributed by atoms with E-state index >= 15 is 0 Å². The minimum absolute atomic E-state index is 0.116. The highest BCUT2D eigenvalue weighted by molar-refractivity contribution is 5.80. The number of ether oxygens (including phenoxy) is 2. The summed E-state index contributed by atoms with van der Waals surface area (Å²) >= 11 is 0. The Morgan fingerprint density at radius 2 is 1.92 bits per heavy atom. The minimum atomic E-state index is -1.17. The SMILES string of the molecule is C=CC(COCc1ccccc1)C(NC(=O)OC(C)(C)C)C(=O)O. The van der Waals surface area contributed by atoms with Gasteiger partial charge in [-0.1, -0.05) is 36.4 Å². The van der Waals surface area contributed by atoms with E-state index in [1.54, 1.807) is 20.8 Å². The Balaban J connectivity index is 2.61. The average Bonchev–Trinajstić information content (AvgIpc) is 2.49. The second kappa shape index (κ2) is 9.08. The van der Waals surface area contributed by atoms with Crippen LogP contribution >= 0.6 is 0 Å². The lowest BCUT2D eigenvalue weighted by Gasteiger charge is -2.25. The highest BCUT2D eigenvalue weighted by atomic mass is 16.6. The monoisotopic (exact) mass is 335 g/mol. The van der Waals surface area contributed by atoms with Gasteiger partial charge < -0.3 is 19.9 Å².